The Morgan fingerprint density at radius 3 is 2.60 bits per heavy atom. The van der Waals surface area contributed by atoms with E-state index in [1.807, 2.05) is 36.4 Å². The molecule has 0 saturated heterocycles. The van der Waals surface area contributed by atoms with Crippen LogP contribution in [0.15, 0.2) is 65.3 Å². The van der Waals surface area contributed by atoms with Crippen LogP contribution in [0.2, 0.25) is 0 Å². The molecule has 1 heterocycles. The lowest BCUT2D eigenvalue weighted by atomic mass is 10.0. The van der Waals surface area contributed by atoms with Crippen molar-refractivity contribution in [1.29, 1.82) is 0 Å². The van der Waals surface area contributed by atoms with E-state index in [2.05, 4.69) is 0 Å². The first kappa shape index (κ1) is 16.8. The van der Waals surface area contributed by atoms with E-state index >= 15 is 0 Å². The van der Waals surface area contributed by atoms with Crippen LogP contribution in [-0.2, 0) is 11.2 Å². The molecule has 3 rings (SSSR count). The molecule has 0 aliphatic rings. The highest BCUT2D eigenvalue weighted by Gasteiger charge is 2.23. The number of hydrogen-bond acceptors (Lipinski definition) is 3. The molecule has 0 aliphatic heterocycles. The first-order valence-electron chi connectivity index (χ1n) is 8.11. The zero-order valence-electron chi connectivity index (χ0n) is 14.0. The van der Waals surface area contributed by atoms with Crippen molar-refractivity contribution in [2.24, 2.45) is 5.73 Å². The van der Waals surface area contributed by atoms with E-state index in [9.17, 15) is 9.59 Å². The van der Waals surface area contributed by atoms with Crippen molar-refractivity contribution in [1.82, 2.24) is 4.90 Å². The molecule has 1 aromatic heterocycles. The Balaban J connectivity index is 1.83. The van der Waals surface area contributed by atoms with Gasteiger partial charge in [-0.3, -0.25) is 9.59 Å². The van der Waals surface area contributed by atoms with Gasteiger partial charge in [-0.15, -0.1) is 0 Å². The van der Waals surface area contributed by atoms with Crippen molar-refractivity contribution >= 4 is 22.8 Å². The van der Waals surface area contributed by atoms with E-state index in [1.54, 1.807) is 36.4 Å². The lowest BCUT2D eigenvalue weighted by molar-refractivity contribution is -0.118. The molecule has 128 valence electrons. The van der Waals surface area contributed by atoms with Crippen LogP contribution in [0.5, 0.6) is 0 Å². The van der Waals surface area contributed by atoms with Crippen LogP contribution in [0.4, 0.5) is 0 Å². The van der Waals surface area contributed by atoms with E-state index < -0.39 is 5.91 Å². The summed E-state index contributed by atoms with van der Waals surface area (Å²) in [6.45, 7) is 0. The fourth-order valence-corrected chi connectivity index (χ4v) is 2.93. The van der Waals surface area contributed by atoms with Gasteiger partial charge in [0.05, 0.1) is 6.26 Å². The van der Waals surface area contributed by atoms with Crippen molar-refractivity contribution in [3.05, 3.63) is 72.0 Å². The second kappa shape index (κ2) is 7.21. The Labute approximate surface area is 146 Å². The van der Waals surface area contributed by atoms with Gasteiger partial charge >= 0.3 is 0 Å². The van der Waals surface area contributed by atoms with Gasteiger partial charge in [-0.2, -0.15) is 0 Å². The number of hydrogen-bond donors (Lipinski definition) is 1. The molecule has 1 atom stereocenters. The molecule has 2 amide bonds. The van der Waals surface area contributed by atoms with E-state index in [1.165, 1.54) is 0 Å². The highest BCUT2D eigenvalue weighted by atomic mass is 16.3. The molecule has 2 N–H and O–H groups in total. The normalized spacial score (nSPS) is 12.0. The summed E-state index contributed by atoms with van der Waals surface area (Å²) in [5.41, 5.74) is 7.74. The predicted octanol–water partition coefficient (Wildman–Crippen LogP) is 2.99. The van der Waals surface area contributed by atoms with Crippen LogP contribution < -0.4 is 5.73 Å². The minimum atomic E-state index is -0.425. The average Bonchev–Trinajstić information content (AvgIpc) is 3.08. The molecule has 1 unspecified atom stereocenters. The number of rotatable bonds is 6. The van der Waals surface area contributed by atoms with Gasteiger partial charge in [-0.05, 0) is 36.2 Å². The third kappa shape index (κ3) is 3.88. The molecule has 2 aromatic carbocycles. The fraction of sp³-hybridized carbons (Fsp3) is 0.200. The first-order chi connectivity index (χ1) is 12.0. The number of nitrogens with zero attached hydrogens (tertiary/aromatic N) is 1. The number of primary amides is 1. The van der Waals surface area contributed by atoms with Gasteiger partial charge < -0.3 is 15.1 Å². The Morgan fingerprint density at radius 1 is 1.12 bits per heavy atom. The third-order valence-corrected chi connectivity index (χ3v) is 4.32. The maximum atomic E-state index is 12.9. The van der Waals surface area contributed by atoms with Gasteiger partial charge in [-0.1, -0.05) is 30.3 Å². The summed E-state index contributed by atoms with van der Waals surface area (Å²) in [6.07, 6.45) is 2.28. The molecule has 3 aromatic rings. The molecular weight excluding hydrogens is 316 g/mol. The van der Waals surface area contributed by atoms with Gasteiger partial charge in [0.15, 0.2) is 0 Å². The van der Waals surface area contributed by atoms with Gasteiger partial charge in [0, 0.05) is 30.5 Å². The Hall–Kier alpha value is -3.08. The SMILES string of the molecule is CN(C(=O)c1ccc2occc2c1)C(CC(N)=O)Cc1ccccc1. The largest absolute Gasteiger partial charge is 0.464 e. The summed E-state index contributed by atoms with van der Waals surface area (Å²) in [4.78, 5) is 25.9. The summed E-state index contributed by atoms with van der Waals surface area (Å²) in [7, 11) is 1.71. The van der Waals surface area contributed by atoms with Crippen molar-refractivity contribution in [3.8, 4) is 0 Å². The number of fused-ring (bicyclic) bond motifs is 1. The Bertz CT molecular complexity index is 886. The van der Waals surface area contributed by atoms with Crippen molar-refractivity contribution in [3.63, 3.8) is 0 Å². The van der Waals surface area contributed by atoms with Gasteiger partial charge in [0.25, 0.3) is 5.91 Å². The van der Waals surface area contributed by atoms with Crippen LogP contribution in [0, 0.1) is 0 Å². The van der Waals surface area contributed by atoms with Crippen LogP contribution in [0.25, 0.3) is 11.0 Å². The first-order valence-corrected chi connectivity index (χ1v) is 8.11. The fourth-order valence-electron chi connectivity index (χ4n) is 2.93. The van der Waals surface area contributed by atoms with Crippen LogP contribution in [-0.4, -0.2) is 29.8 Å². The number of amides is 2. The molecular formula is C20H20N2O3. The van der Waals surface area contributed by atoms with Crippen LogP contribution >= 0.6 is 0 Å². The highest BCUT2D eigenvalue weighted by Crippen LogP contribution is 2.20. The molecule has 0 saturated carbocycles. The maximum Gasteiger partial charge on any atom is 0.253 e. The second-order valence-electron chi connectivity index (χ2n) is 6.10. The minimum absolute atomic E-state index is 0.116. The van der Waals surface area contributed by atoms with E-state index in [-0.39, 0.29) is 18.4 Å². The van der Waals surface area contributed by atoms with Crippen molar-refractivity contribution < 1.29 is 14.0 Å². The molecule has 0 aliphatic carbocycles. The summed E-state index contributed by atoms with van der Waals surface area (Å²) < 4.78 is 5.31. The summed E-state index contributed by atoms with van der Waals surface area (Å²) in [5.74, 6) is -0.573. The standard InChI is InChI=1S/C20H20N2O3/c1-22(17(13-19(21)23)11-14-5-3-2-4-6-14)20(24)16-7-8-18-15(12-16)9-10-25-18/h2-10,12,17H,11,13H2,1H3,(H2,21,23). The topological polar surface area (TPSA) is 76.5 Å². The average molecular weight is 336 g/mol. The molecule has 0 fully saturated rings. The molecule has 0 bridgehead atoms. The number of nitrogens with two attached hydrogens (primary N) is 1. The van der Waals surface area contributed by atoms with Crippen molar-refractivity contribution in [2.75, 3.05) is 7.05 Å². The van der Waals surface area contributed by atoms with Gasteiger partial charge in [-0.25, -0.2) is 0 Å². The van der Waals surface area contributed by atoms with Crippen LogP contribution in [0.3, 0.4) is 0 Å². The number of carbonyl (C=O) groups excluding carboxylic acids is 2. The number of carbonyl (C=O) groups is 2. The molecule has 25 heavy (non-hydrogen) atoms. The molecule has 0 radical (unpaired) electrons. The number of likely N-dealkylation sites (N-methyl/N-ethyl adjacent to an activating group) is 1. The number of furan rings is 1. The summed E-state index contributed by atoms with van der Waals surface area (Å²) in [6, 6.07) is 16.6. The monoisotopic (exact) mass is 336 g/mol. The molecule has 0 spiro atoms. The lowest BCUT2D eigenvalue weighted by Gasteiger charge is -2.27. The third-order valence-electron chi connectivity index (χ3n) is 4.32. The van der Waals surface area contributed by atoms with Gasteiger partial charge in [0.1, 0.15) is 5.58 Å². The zero-order chi connectivity index (χ0) is 17.8. The lowest BCUT2D eigenvalue weighted by Crippen LogP contribution is -2.41. The van der Waals surface area contributed by atoms with E-state index in [0.29, 0.717) is 12.0 Å². The quantitative estimate of drug-likeness (QED) is 0.752. The smallest absolute Gasteiger partial charge is 0.253 e. The van der Waals surface area contributed by atoms with E-state index in [0.717, 1.165) is 16.5 Å². The minimum Gasteiger partial charge on any atom is -0.464 e. The molecule has 5 nitrogen and oxygen atoms in total. The van der Waals surface area contributed by atoms with Crippen LogP contribution in [0.1, 0.15) is 22.3 Å². The summed E-state index contributed by atoms with van der Waals surface area (Å²) >= 11 is 0. The van der Waals surface area contributed by atoms with Crippen molar-refractivity contribution in [2.45, 2.75) is 18.9 Å². The predicted molar refractivity (Wildman–Crippen MR) is 96.1 cm³/mol. The second-order valence-corrected chi connectivity index (χ2v) is 6.10. The summed E-state index contributed by atoms with van der Waals surface area (Å²) in [5, 5.41) is 0.869. The zero-order valence-corrected chi connectivity index (χ0v) is 14.0. The van der Waals surface area contributed by atoms with E-state index in [4.69, 9.17) is 10.2 Å². The Morgan fingerprint density at radius 2 is 1.88 bits per heavy atom. The van der Waals surface area contributed by atoms with Gasteiger partial charge in [0.2, 0.25) is 5.91 Å². The highest BCUT2D eigenvalue weighted by molar-refractivity contribution is 5.98. The Kier molecular flexibility index (Phi) is 4.84. The molecule has 5 heteroatoms. The maximum absolute atomic E-state index is 12.9. The number of benzene rings is 2.